The number of phenols is 1. The standard InChI is InChI=1S/C21H25N3O/c22-14-20-11-5-3-7-16(20)13-17-8-4-6-12-21(17,15-23)24(20)18-9-1-2-10-19(18)25/h1-2,9-10,16-17,25H,3-8,11-13H2/t16-,17-,20+,21+/m1/s1. The quantitative estimate of drug-likeness (QED) is 0.820. The molecular weight excluding hydrogens is 310 g/mol. The van der Waals surface area contributed by atoms with Crippen LogP contribution < -0.4 is 4.90 Å². The van der Waals surface area contributed by atoms with Gasteiger partial charge >= 0.3 is 0 Å². The Hall–Kier alpha value is -2.20. The molecule has 4 heteroatoms. The van der Waals surface area contributed by atoms with Crippen molar-refractivity contribution in [2.75, 3.05) is 4.90 Å². The van der Waals surface area contributed by atoms with Gasteiger partial charge in [0.1, 0.15) is 16.8 Å². The highest BCUT2D eigenvalue weighted by Gasteiger charge is 2.62. The van der Waals surface area contributed by atoms with Crippen molar-refractivity contribution < 1.29 is 5.11 Å². The van der Waals surface area contributed by atoms with Crippen molar-refractivity contribution in [3.63, 3.8) is 0 Å². The van der Waals surface area contributed by atoms with Crippen LogP contribution in [0.5, 0.6) is 5.75 Å². The Bertz CT molecular complexity index is 708. The maximum atomic E-state index is 10.6. The van der Waals surface area contributed by atoms with Gasteiger partial charge in [0.05, 0.1) is 17.8 Å². The molecule has 4 rings (SSSR count). The first kappa shape index (κ1) is 16.3. The first-order valence-corrected chi connectivity index (χ1v) is 9.59. The normalized spacial score (nSPS) is 37.3. The summed E-state index contributed by atoms with van der Waals surface area (Å²) in [5.41, 5.74) is -0.662. The summed E-state index contributed by atoms with van der Waals surface area (Å²) < 4.78 is 0. The third kappa shape index (κ3) is 2.17. The summed E-state index contributed by atoms with van der Waals surface area (Å²) >= 11 is 0. The van der Waals surface area contributed by atoms with Crippen molar-refractivity contribution in [1.82, 2.24) is 0 Å². The van der Waals surface area contributed by atoms with Crippen LogP contribution in [0.3, 0.4) is 0 Å². The lowest BCUT2D eigenvalue weighted by molar-refractivity contribution is 0.0610. The molecule has 1 N–H and O–H groups in total. The molecule has 0 radical (unpaired) electrons. The number of nitrogens with zero attached hydrogens (tertiary/aromatic N) is 3. The fraction of sp³-hybridized carbons (Fsp3) is 0.619. The van der Waals surface area contributed by atoms with E-state index in [-0.39, 0.29) is 17.6 Å². The molecule has 2 saturated carbocycles. The molecule has 0 bridgehead atoms. The molecule has 4 nitrogen and oxygen atoms in total. The summed E-state index contributed by atoms with van der Waals surface area (Å²) in [7, 11) is 0. The van der Waals surface area contributed by atoms with Gasteiger partial charge in [0.15, 0.2) is 0 Å². The molecule has 0 amide bonds. The molecule has 25 heavy (non-hydrogen) atoms. The second-order valence-electron chi connectivity index (χ2n) is 8.02. The number of piperidine rings is 1. The SMILES string of the molecule is N#C[C@@]12CCCC[C@@H]1C[C@H]1CCCC[C@@]1(C#N)N2c1ccccc1O. The van der Waals surface area contributed by atoms with Gasteiger partial charge in [-0.3, -0.25) is 0 Å². The maximum absolute atomic E-state index is 10.6. The van der Waals surface area contributed by atoms with E-state index in [2.05, 4.69) is 17.0 Å². The maximum Gasteiger partial charge on any atom is 0.138 e. The minimum Gasteiger partial charge on any atom is -0.506 e. The fourth-order valence-corrected chi connectivity index (χ4v) is 5.85. The number of para-hydroxylation sites is 2. The first-order chi connectivity index (χ1) is 12.2. The molecule has 0 unspecified atom stereocenters. The van der Waals surface area contributed by atoms with Crippen molar-refractivity contribution in [2.24, 2.45) is 11.8 Å². The molecule has 0 aromatic heterocycles. The first-order valence-electron chi connectivity index (χ1n) is 9.59. The average molecular weight is 335 g/mol. The Morgan fingerprint density at radius 1 is 0.920 bits per heavy atom. The lowest BCUT2D eigenvalue weighted by Gasteiger charge is -2.62. The summed E-state index contributed by atoms with van der Waals surface area (Å²) in [6, 6.07) is 12.6. The highest BCUT2D eigenvalue weighted by Crippen LogP contribution is 2.58. The zero-order valence-electron chi connectivity index (χ0n) is 14.6. The molecule has 1 aromatic rings. The van der Waals surface area contributed by atoms with E-state index >= 15 is 0 Å². The molecule has 1 aromatic carbocycles. The monoisotopic (exact) mass is 335 g/mol. The molecule has 4 atom stereocenters. The number of anilines is 1. The Balaban J connectivity index is 1.95. The van der Waals surface area contributed by atoms with Gasteiger partial charge in [-0.1, -0.05) is 37.8 Å². The van der Waals surface area contributed by atoms with Crippen LogP contribution in [0.1, 0.15) is 57.8 Å². The van der Waals surface area contributed by atoms with Gasteiger partial charge in [-0.05, 0) is 56.1 Å². The second kappa shape index (κ2) is 5.95. The van der Waals surface area contributed by atoms with E-state index in [0.717, 1.165) is 57.8 Å². The Labute approximate surface area is 149 Å². The third-order valence-corrected chi connectivity index (χ3v) is 6.95. The van der Waals surface area contributed by atoms with E-state index in [1.807, 2.05) is 12.1 Å². The van der Waals surface area contributed by atoms with E-state index in [1.165, 1.54) is 0 Å². The summed E-state index contributed by atoms with van der Waals surface area (Å²) in [6.45, 7) is 0. The largest absolute Gasteiger partial charge is 0.506 e. The van der Waals surface area contributed by atoms with Gasteiger partial charge in [0.25, 0.3) is 0 Å². The molecule has 3 fully saturated rings. The van der Waals surface area contributed by atoms with Crippen LogP contribution in [0.15, 0.2) is 24.3 Å². The lowest BCUT2D eigenvalue weighted by atomic mass is 9.56. The van der Waals surface area contributed by atoms with E-state index in [0.29, 0.717) is 5.69 Å². The number of rotatable bonds is 1. The van der Waals surface area contributed by atoms with Crippen LogP contribution >= 0.6 is 0 Å². The van der Waals surface area contributed by atoms with Crippen molar-refractivity contribution in [1.29, 1.82) is 10.5 Å². The molecule has 130 valence electrons. The number of phenolic OH excluding ortho intramolecular Hbond substituents is 1. The highest BCUT2D eigenvalue weighted by molar-refractivity contribution is 5.66. The topological polar surface area (TPSA) is 71.0 Å². The predicted molar refractivity (Wildman–Crippen MR) is 95.8 cm³/mol. The zero-order chi connectivity index (χ0) is 17.5. The van der Waals surface area contributed by atoms with Crippen LogP contribution in [0.25, 0.3) is 0 Å². The van der Waals surface area contributed by atoms with Crippen LogP contribution in [0.2, 0.25) is 0 Å². The van der Waals surface area contributed by atoms with Crippen LogP contribution in [0, 0.1) is 34.5 Å². The average Bonchev–Trinajstić information content (AvgIpc) is 2.66. The van der Waals surface area contributed by atoms with Crippen LogP contribution in [-0.4, -0.2) is 16.2 Å². The lowest BCUT2D eigenvalue weighted by Crippen LogP contribution is -2.71. The smallest absolute Gasteiger partial charge is 0.138 e. The summed E-state index contributed by atoms with van der Waals surface area (Å²) in [4.78, 5) is 2.09. The second-order valence-corrected chi connectivity index (χ2v) is 8.02. The molecule has 2 aliphatic carbocycles. The zero-order valence-corrected chi connectivity index (χ0v) is 14.6. The van der Waals surface area contributed by atoms with Crippen LogP contribution in [0.4, 0.5) is 5.69 Å². The number of hydrogen-bond donors (Lipinski definition) is 1. The number of hydrogen-bond acceptors (Lipinski definition) is 4. The van der Waals surface area contributed by atoms with Gasteiger partial charge in [-0.25, -0.2) is 0 Å². The van der Waals surface area contributed by atoms with E-state index < -0.39 is 11.1 Å². The minimum atomic E-state index is -0.666. The Kier molecular flexibility index (Phi) is 3.88. The molecule has 3 aliphatic rings. The van der Waals surface area contributed by atoms with Gasteiger partial charge in [0.2, 0.25) is 0 Å². The number of benzene rings is 1. The van der Waals surface area contributed by atoms with E-state index in [4.69, 9.17) is 0 Å². The molecular formula is C21H25N3O. The van der Waals surface area contributed by atoms with Crippen LogP contribution in [-0.2, 0) is 0 Å². The van der Waals surface area contributed by atoms with E-state index in [1.54, 1.807) is 12.1 Å². The summed E-state index contributed by atoms with van der Waals surface area (Å²) in [5.74, 6) is 0.758. The van der Waals surface area contributed by atoms with E-state index in [9.17, 15) is 15.6 Å². The third-order valence-electron chi connectivity index (χ3n) is 6.95. The summed E-state index contributed by atoms with van der Waals surface area (Å²) in [6.07, 6.45) is 9.01. The molecule has 0 spiro atoms. The van der Waals surface area contributed by atoms with Gasteiger partial charge in [-0.2, -0.15) is 10.5 Å². The predicted octanol–water partition coefficient (Wildman–Crippen LogP) is 4.51. The molecule has 1 heterocycles. The number of fused-ring (bicyclic) bond motifs is 2. The van der Waals surface area contributed by atoms with Gasteiger partial charge in [-0.15, -0.1) is 0 Å². The number of aromatic hydroxyl groups is 1. The van der Waals surface area contributed by atoms with Crippen molar-refractivity contribution >= 4 is 5.69 Å². The van der Waals surface area contributed by atoms with Crippen molar-refractivity contribution in [3.05, 3.63) is 24.3 Å². The Morgan fingerprint density at radius 2 is 1.48 bits per heavy atom. The minimum absolute atomic E-state index is 0.183. The fourth-order valence-electron chi connectivity index (χ4n) is 5.85. The Morgan fingerprint density at radius 3 is 2.00 bits per heavy atom. The number of nitriles is 2. The molecule has 1 aliphatic heterocycles. The van der Waals surface area contributed by atoms with Crippen molar-refractivity contribution in [2.45, 2.75) is 68.9 Å². The van der Waals surface area contributed by atoms with Gasteiger partial charge < -0.3 is 10.0 Å². The molecule has 1 saturated heterocycles. The van der Waals surface area contributed by atoms with Gasteiger partial charge in [0, 0.05) is 0 Å². The highest BCUT2D eigenvalue weighted by atomic mass is 16.3. The summed E-state index contributed by atoms with van der Waals surface area (Å²) in [5, 5.41) is 31.2. The van der Waals surface area contributed by atoms with Crippen molar-refractivity contribution in [3.8, 4) is 17.9 Å².